The van der Waals surface area contributed by atoms with Crippen molar-refractivity contribution in [1.82, 2.24) is 14.8 Å². The number of rotatable bonds is 7. The van der Waals surface area contributed by atoms with Crippen LogP contribution in [0.4, 0.5) is 5.69 Å². The van der Waals surface area contributed by atoms with E-state index in [9.17, 15) is 4.79 Å². The van der Waals surface area contributed by atoms with Crippen molar-refractivity contribution in [2.24, 2.45) is 5.73 Å². The van der Waals surface area contributed by atoms with Gasteiger partial charge >= 0.3 is 0 Å². The van der Waals surface area contributed by atoms with Crippen molar-refractivity contribution in [2.45, 2.75) is 4.90 Å². The van der Waals surface area contributed by atoms with Gasteiger partial charge in [-0.25, -0.2) is 0 Å². The van der Waals surface area contributed by atoms with E-state index in [4.69, 9.17) is 10.5 Å². The van der Waals surface area contributed by atoms with Crippen LogP contribution in [0.2, 0.25) is 0 Å². The summed E-state index contributed by atoms with van der Waals surface area (Å²) in [6.45, 7) is 4.66. The molecule has 1 fully saturated rings. The molecular formula is C23H27N5O2S. The smallest absolute Gasteiger partial charge is 0.254 e. The SMILES string of the molecule is COc1cc(C(=O)N2CCN(CCN)CC2)ccc1NSc1cccc2cccnc12. The molecule has 2 aromatic carbocycles. The molecule has 1 aliphatic heterocycles. The molecule has 31 heavy (non-hydrogen) atoms. The van der Waals surface area contributed by atoms with Crippen molar-refractivity contribution < 1.29 is 9.53 Å². The van der Waals surface area contributed by atoms with Crippen LogP contribution >= 0.6 is 11.9 Å². The van der Waals surface area contributed by atoms with E-state index in [0.29, 0.717) is 30.9 Å². The topological polar surface area (TPSA) is 83.7 Å². The van der Waals surface area contributed by atoms with Crippen LogP contribution in [0.25, 0.3) is 10.9 Å². The number of nitrogens with one attached hydrogen (secondary N) is 1. The fourth-order valence-electron chi connectivity index (χ4n) is 3.72. The number of methoxy groups -OCH3 is 1. The molecule has 4 rings (SSSR count). The van der Waals surface area contributed by atoms with Gasteiger partial charge in [0, 0.05) is 56.4 Å². The van der Waals surface area contributed by atoms with Crippen molar-refractivity contribution in [3.63, 3.8) is 0 Å². The highest BCUT2D eigenvalue weighted by atomic mass is 32.2. The molecule has 0 bridgehead atoms. The van der Waals surface area contributed by atoms with Gasteiger partial charge in [-0.1, -0.05) is 18.2 Å². The second-order valence-corrected chi connectivity index (χ2v) is 8.22. The Morgan fingerprint density at radius 3 is 2.74 bits per heavy atom. The third kappa shape index (κ3) is 4.92. The number of piperazine rings is 1. The van der Waals surface area contributed by atoms with E-state index in [0.717, 1.165) is 41.1 Å². The maximum atomic E-state index is 13.0. The van der Waals surface area contributed by atoms with Crippen LogP contribution in [0.3, 0.4) is 0 Å². The van der Waals surface area contributed by atoms with E-state index in [-0.39, 0.29) is 5.91 Å². The van der Waals surface area contributed by atoms with E-state index >= 15 is 0 Å². The number of benzene rings is 2. The van der Waals surface area contributed by atoms with Crippen molar-refractivity contribution in [1.29, 1.82) is 0 Å². The number of hydrogen-bond acceptors (Lipinski definition) is 7. The Morgan fingerprint density at radius 2 is 1.97 bits per heavy atom. The Morgan fingerprint density at radius 1 is 1.16 bits per heavy atom. The van der Waals surface area contributed by atoms with Gasteiger partial charge in [0.15, 0.2) is 0 Å². The second-order valence-electron chi connectivity index (χ2n) is 7.37. The largest absolute Gasteiger partial charge is 0.495 e. The maximum absolute atomic E-state index is 13.0. The molecule has 162 valence electrons. The number of para-hydroxylation sites is 1. The van der Waals surface area contributed by atoms with Gasteiger partial charge in [0.05, 0.1) is 23.2 Å². The summed E-state index contributed by atoms with van der Waals surface area (Å²) in [5.41, 5.74) is 8.02. The van der Waals surface area contributed by atoms with E-state index in [1.165, 1.54) is 11.9 Å². The molecule has 3 aromatic rings. The number of pyridine rings is 1. The number of carbonyl (C=O) groups excluding carboxylic acids is 1. The molecule has 8 heteroatoms. The second kappa shape index (κ2) is 10.00. The number of amides is 1. The maximum Gasteiger partial charge on any atom is 0.254 e. The summed E-state index contributed by atoms with van der Waals surface area (Å²) in [7, 11) is 1.62. The van der Waals surface area contributed by atoms with Gasteiger partial charge in [-0.3, -0.25) is 14.7 Å². The van der Waals surface area contributed by atoms with E-state index in [1.54, 1.807) is 19.4 Å². The summed E-state index contributed by atoms with van der Waals surface area (Å²) in [6.07, 6.45) is 1.79. The van der Waals surface area contributed by atoms with Crippen LogP contribution in [0, 0.1) is 0 Å². The predicted molar refractivity (Wildman–Crippen MR) is 126 cm³/mol. The predicted octanol–water partition coefficient (Wildman–Crippen LogP) is 3.08. The lowest BCUT2D eigenvalue weighted by molar-refractivity contribution is 0.0640. The zero-order valence-corrected chi connectivity index (χ0v) is 18.4. The number of hydrogen-bond donors (Lipinski definition) is 2. The summed E-state index contributed by atoms with van der Waals surface area (Å²) in [5, 5.41) is 1.09. The lowest BCUT2D eigenvalue weighted by atomic mass is 10.1. The highest BCUT2D eigenvalue weighted by Crippen LogP contribution is 2.32. The zero-order chi connectivity index (χ0) is 21.6. The van der Waals surface area contributed by atoms with Gasteiger partial charge < -0.3 is 20.1 Å². The Balaban J connectivity index is 1.45. The normalized spacial score (nSPS) is 14.6. The summed E-state index contributed by atoms with van der Waals surface area (Å²) in [5.74, 6) is 0.663. The molecule has 0 unspecified atom stereocenters. The highest BCUT2D eigenvalue weighted by molar-refractivity contribution is 8.00. The number of aromatic nitrogens is 1. The third-order valence-corrected chi connectivity index (χ3v) is 6.29. The first-order chi connectivity index (χ1) is 15.2. The van der Waals surface area contributed by atoms with E-state index in [2.05, 4.69) is 14.6 Å². The van der Waals surface area contributed by atoms with Crippen molar-refractivity contribution in [2.75, 3.05) is 51.1 Å². The summed E-state index contributed by atoms with van der Waals surface area (Å²) in [6, 6.07) is 15.6. The van der Waals surface area contributed by atoms with Gasteiger partial charge in [0.2, 0.25) is 0 Å². The molecule has 1 amide bonds. The minimum absolute atomic E-state index is 0.0307. The molecule has 0 atom stereocenters. The monoisotopic (exact) mass is 437 g/mol. The molecule has 7 nitrogen and oxygen atoms in total. The molecule has 0 radical (unpaired) electrons. The quantitative estimate of drug-likeness (QED) is 0.550. The first-order valence-corrected chi connectivity index (χ1v) is 11.2. The van der Waals surface area contributed by atoms with Crippen molar-refractivity contribution >= 4 is 34.4 Å². The van der Waals surface area contributed by atoms with Crippen LogP contribution in [0.1, 0.15) is 10.4 Å². The molecule has 2 heterocycles. The van der Waals surface area contributed by atoms with Gasteiger partial charge in [0.1, 0.15) is 5.75 Å². The minimum Gasteiger partial charge on any atom is -0.495 e. The Kier molecular flexibility index (Phi) is 6.91. The standard InChI is InChI=1S/C23H27N5O2S/c1-30-20-16-18(23(29)28-14-12-27(11-9-24)13-15-28)7-8-19(20)26-31-21-6-2-4-17-5-3-10-25-22(17)21/h2-8,10,16,26H,9,11-15,24H2,1H3. The first kappa shape index (κ1) is 21.4. The van der Waals surface area contributed by atoms with Crippen LogP contribution in [-0.4, -0.2) is 67.1 Å². The van der Waals surface area contributed by atoms with Crippen LogP contribution in [-0.2, 0) is 0 Å². The molecule has 1 aromatic heterocycles. The molecular weight excluding hydrogens is 410 g/mol. The number of ether oxygens (including phenoxy) is 1. The molecule has 1 aliphatic rings. The minimum atomic E-state index is 0.0307. The van der Waals surface area contributed by atoms with Crippen molar-refractivity contribution in [3.8, 4) is 5.75 Å². The zero-order valence-electron chi connectivity index (χ0n) is 17.6. The molecule has 3 N–H and O–H groups in total. The van der Waals surface area contributed by atoms with Crippen LogP contribution in [0.15, 0.2) is 59.6 Å². The van der Waals surface area contributed by atoms with Gasteiger partial charge in [0.25, 0.3) is 5.91 Å². The van der Waals surface area contributed by atoms with Gasteiger partial charge in [-0.2, -0.15) is 0 Å². The molecule has 0 aliphatic carbocycles. The third-order valence-electron chi connectivity index (χ3n) is 5.42. The fourth-order valence-corrected chi connectivity index (χ4v) is 4.52. The van der Waals surface area contributed by atoms with Gasteiger partial charge in [-0.15, -0.1) is 0 Å². The Labute approximate surface area is 186 Å². The van der Waals surface area contributed by atoms with Crippen LogP contribution < -0.4 is 15.2 Å². The fraction of sp³-hybridized carbons (Fsp3) is 0.304. The highest BCUT2D eigenvalue weighted by Gasteiger charge is 2.22. The molecule has 1 saturated heterocycles. The van der Waals surface area contributed by atoms with Crippen molar-refractivity contribution in [3.05, 3.63) is 60.3 Å². The summed E-state index contributed by atoms with van der Waals surface area (Å²) in [4.78, 5) is 22.7. The molecule has 0 saturated carbocycles. The van der Waals surface area contributed by atoms with E-state index in [1.807, 2.05) is 47.4 Å². The molecule has 0 spiro atoms. The summed E-state index contributed by atoms with van der Waals surface area (Å²) < 4.78 is 8.91. The lowest BCUT2D eigenvalue weighted by Gasteiger charge is -2.34. The summed E-state index contributed by atoms with van der Waals surface area (Å²) >= 11 is 1.48. The number of anilines is 1. The Hall–Kier alpha value is -2.81. The van der Waals surface area contributed by atoms with Crippen LogP contribution in [0.5, 0.6) is 5.75 Å². The average molecular weight is 438 g/mol. The van der Waals surface area contributed by atoms with E-state index < -0.39 is 0 Å². The average Bonchev–Trinajstić information content (AvgIpc) is 2.83. The first-order valence-electron chi connectivity index (χ1n) is 10.4. The lowest BCUT2D eigenvalue weighted by Crippen LogP contribution is -2.49. The number of nitrogens with zero attached hydrogens (tertiary/aromatic N) is 3. The Bertz CT molecular complexity index is 1050. The van der Waals surface area contributed by atoms with Gasteiger partial charge in [-0.05, 0) is 42.3 Å². The number of carbonyl (C=O) groups is 1. The number of fused-ring (bicyclic) bond motifs is 1. The number of nitrogens with two attached hydrogens (primary N) is 1.